The zero-order valence-electron chi connectivity index (χ0n) is 9.93. The highest BCUT2D eigenvalue weighted by atomic mass is 19.4. The molecule has 0 saturated carbocycles. The molecule has 0 aromatic carbocycles. The number of alkyl halides is 3. The maximum atomic E-state index is 12.0. The van der Waals surface area contributed by atoms with E-state index in [0.717, 1.165) is 6.92 Å². The monoisotopic (exact) mass is 255 g/mol. The lowest BCUT2D eigenvalue weighted by atomic mass is 10.1. The first-order chi connectivity index (χ1) is 7.61. The number of Topliss-reactive ketones (excluding diaryl/α,β-unsaturated/α-hetero) is 1. The van der Waals surface area contributed by atoms with E-state index in [-0.39, 0.29) is 0 Å². The largest absolute Gasteiger partial charge is 0.447 e. The van der Waals surface area contributed by atoms with Crippen LogP contribution in [0.25, 0.3) is 0 Å². The molecule has 0 aromatic rings. The summed E-state index contributed by atoms with van der Waals surface area (Å²) in [5.74, 6) is -0.532. The normalized spacial score (nSPS) is 13.4. The Labute approximate surface area is 97.5 Å². The van der Waals surface area contributed by atoms with Crippen LogP contribution in [-0.2, 0) is 9.53 Å². The van der Waals surface area contributed by atoms with Crippen molar-refractivity contribution in [3.63, 3.8) is 0 Å². The van der Waals surface area contributed by atoms with Crippen LogP contribution in [0.4, 0.5) is 18.0 Å². The number of hydrogen-bond donors (Lipinski definition) is 1. The van der Waals surface area contributed by atoms with Crippen molar-refractivity contribution in [1.29, 1.82) is 0 Å². The number of rotatable bonds is 5. The lowest BCUT2D eigenvalue weighted by Gasteiger charge is -2.17. The van der Waals surface area contributed by atoms with Gasteiger partial charge in [-0.05, 0) is 27.2 Å². The van der Waals surface area contributed by atoms with Gasteiger partial charge in [-0.1, -0.05) is 0 Å². The van der Waals surface area contributed by atoms with Crippen molar-refractivity contribution in [2.24, 2.45) is 0 Å². The Balaban J connectivity index is 4.26. The summed E-state index contributed by atoms with van der Waals surface area (Å²) in [7, 11) is 0. The Morgan fingerprint density at radius 1 is 1.29 bits per heavy atom. The van der Waals surface area contributed by atoms with E-state index in [4.69, 9.17) is 0 Å². The highest BCUT2D eigenvalue weighted by Gasteiger charge is 2.30. The summed E-state index contributed by atoms with van der Waals surface area (Å²) in [5, 5.41) is 2.11. The van der Waals surface area contributed by atoms with E-state index in [1.807, 2.05) is 0 Å². The van der Waals surface area contributed by atoms with Crippen molar-refractivity contribution in [1.82, 2.24) is 5.32 Å². The SMILES string of the molecule is CC(=O)C(CCC(F)(F)F)NC(=O)OC(C)C. The van der Waals surface area contributed by atoms with Gasteiger partial charge in [0, 0.05) is 6.42 Å². The van der Waals surface area contributed by atoms with E-state index in [2.05, 4.69) is 10.1 Å². The van der Waals surface area contributed by atoms with Crippen LogP contribution in [0.2, 0.25) is 0 Å². The molecule has 4 nitrogen and oxygen atoms in total. The molecule has 1 unspecified atom stereocenters. The predicted molar refractivity (Wildman–Crippen MR) is 54.5 cm³/mol. The van der Waals surface area contributed by atoms with Crippen molar-refractivity contribution < 1.29 is 27.5 Å². The van der Waals surface area contributed by atoms with E-state index in [1.54, 1.807) is 13.8 Å². The number of hydrogen-bond acceptors (Lipinski definition) is 3. The molecule has 1 atom stereocenters. The van der Waals surface area contributed by atoms with Gasteiger partial charge < -0.3 is 10.1 Å². The summed E-state index contributed by atoms with van der Waals surface area (Å²) < 4.78 is 40.6. The minimum absolute atomic E-state index is 0.398. The first-order valence-corrected chi connectivity index (χ1v) is 5.16. The van der Waals surface area contributed by atoms with Crippen LogP contribution >= 0.6 is 0 Å². The molecule has 100 valence electrons. The molecule has 0 spiro atoms. The molecular weight excluding hydrogens is 239 g/mol. The van der Waals surface area contributed by atoms with E-state index in [0.29, 0.717) is 0 Å². The summed E-state index contributed by atoms with van der Waals surface area (Å²) >= 11 is 0. The van der Waals surface area contributed by atoms with Crippen molar-refractivity contribution in [2.75, 3.05) is 0 Å². The van der Waals surface area contributed by atoms with Crippen LogP contribution in [0.3, 0.4) is 0 Å². The van der Waals surface area contributed by atoms with Crippen LogP contribution in [0.5, 0.6) is 0 Å². The number of halogens is 3. The molecule has 0 radical (unpaired) electrons. The molecule has 1 N–H and O–H groups in total. The number of alkyl carbamates (subject to hydrolysis) is 1. The first kappa shape index (κ1) is 15.7. The lowest BCUT2D eigenvalue weighted by Crippen LogP contribution is -2.41. The third kappa shape index (κ3) is 8.53. The predicted octanol–water partition coefficient (Wildman–Crippen LogP) is 2.42. The fourth-order valence-corrected chi connectivity index (χ4v) is 1.08. The number of amides is 1. The van der Waals surface area contributed by atoms with Crippen LogP contribution in [0.15, 0.2) is 0 Å². The molecule has 0 rings (SSSR count). The smallest absolute Gasteiger partial charge is 0.407 e. The molecule has 0 aromatic heterocycles. The molecule has 1 amide bonds. The molecule has 0 fully saturated rings. The first-order valence-electron chi connectivity index (χ1n) is 5.16. The average molecular weight is 255 g/mol. The molecule has 0 saturated heterocycles. The van der Waals surface area contributed by atoms with Crippen molar-refractivity contribution in [2.45, 2.75) is 51.9 Å². The van der Waals surface area contributed by atoms with Crippen molar-refractivity contribution in [3.8, 4) is 0 Å². The van der Waals surface area contributed by atoms with Crippen LogP contribution in [-0.4, -0.2) is 30.2 Å². The van der Waals surface area contributed by atoms with Gasteiger partial charge >= 0.3 is 12.3 Å². The zero-order valence-corrected chi connectivity index (χ0v) is 9.93. The van der Waals surface area contributed by atoms with Gasteiger partial charge in [0.15, 0.2) is 5.78 Å². The summed E-state index contributed by atoms with van der Waals surface area (Å²) in [6.45, 7) is 4.31. The van der Waals surface area contributed by atoms with Crippen LogP contribution in [0.1, 0.15) is 33.6 Å². The van der Waals surface area contributed by atoms with Gasteiger partial charge in [-0.2, -0.15) is 13.2 Å². The Hall–Kier alpha value is -1.27. The Kier molecular flexibility index (Phi) is 5.98. The van der Waals surface area contributed by atoms with Gasteiger partial charge in [0.1, 0.15) is 0 Å². The summed E-state index contributed by atoms with van der Waals surface area (Å²) in [6.07, 6.45) is -7.24. The van der Waals surface area contributed by atoms with Crippen LogP contribution in [0, 0.1) is 0 Å². The maximum absolute atomic E-state index is 12.0. The van der Waals surface area contributed by atoms with Gasteiger partial charge in [-0.3, -0.25) is 4.79 Å². The van der Waals surface area contributed by atoms with Gasteiger partial charge in [-0.15, -0.1) is 0 Å². The summed E-state index contributed by atoms with van der Waals surface area (Å²) in [4.78, 5) is 22.2. The topological polar surface area (TPSA) is 55.4 Å². The van der Waals surface area contributed by atoms with Gasteiger partial charge in [0.05, 0.1) is 12.1 Å². The standard InChI is InChI=1S/C10H16F3NO3/c1-6(2)17-9(16)14-8(7(3)15)4-5-10(11,12)13/h6,8H,4-5H2,1-3H3,(H,14,16). The van der Waals surface area contributed by atoms with E-state index in [1.165, 1.54) is 0 Å². The molecule has 7 heteroatoms. The third-order valence-corrected chi connectivity index (χ3v) is 1.84. The van der Waals surface area contributed by atoms with Crippen molar-refractivity contribution in [3.05, 3.63) is 0 Å². The quantitative estimate of drug-likeness (QED) is 0.820. The second-order valence-corrected chi connectivity index (χ2v) is 3.92. The summed E-state index contributed by atoms with van der Waals surface area (Å²) in [6, 6.07) is -1.16. The number of nitrogens with one attached hydrogen (secondary N) is 1. The molecule has 0 aliphatic rings. The van der Waals surface area contributed by atoms with E-state index < -0.39 is 43.0 Å². The second-order valence-electron chi connectivity index (χ2n) is 3.92. The Morgan fingerprint density at radius 3 is 2.18 bits per heavy atom. The van der Waals surface area contributed by atoms with Gasteiger partial charge in [-0.25, -0.2) is 4.79 Å². The lowest BCUT2D eigenvalue weighted by molar-refractivity contribution is -0.138. The number of ether oxygens (including phenoxy) is 1. The molecular formula is C10H16F3NO3. The highest BCUT2D eigenvalue weighted by molar-refractivity contribution is 5.85. The van der Waals surface area contributed by atoms with Gasteiger partial charge in [0.25, 0.3) is 0 Å². The molecule has 0 aliphatic heterocycles. The van der Waals surface area contributed by atoms with Crippen LogP contribution < -0.4 is 5.32 Å². The second kappa shape index (κ2) is 6.46. The molecule has 17 heavy (non-hydrogen) atoms. The molecule has 0 heterocycles. The Bertz CT molecular complexity index is 276. The Morgan fingerprint density at radius 2 is 1.82 bits per heavy atom. The van der Waals surface area contributed by atoms with Crippen molar-refractivity contribution >= 4 is 11.9 Å². The number of ketones is 1. The highest BCUT2D eigenvalue weighted by Crippen LogP contribution is 2.22. The third-order valence-electron chi connectivity index (χ3n) is 1.84. The van der Waals surface area contributed by atoms with Gasteiger partial charge in [0.2, 0.25) is 0 Å². The van der Waals surface area contributed by atoms with E-state index in [9.17, 15) is 22.8 Å². The minimum atomic E-state index is -4.35. The number of carbonyl (C=O) groups is 2. The average Bonchev–Trinajstić information content (AvgIpc) is 2.08. The number of carbonyl (C=O) groups excluding carboxylic acids is 2. The molecule has 0 bridgehead atoms. The fourth-order valence-electron chi connectivity index (χ4n) is 1.08. The maximum Gasteiger partial charge on any atom is 0.407 e. The summed E-state index contributed by atoms with van der Waals surface area (Å²) in [5.41, 5.74) is 0. The minimum Gasteiger partial charge on any atom is -0.447 e. The van der Waals surface area contributed by atoms with E-state index >= 15 is 0 Å². The molecule has 0 aliphatic carbocycles. The zero-order chi connectivity index (χ0) is 13.6. The fraction of sp³-hybridized carbons (Fsp3) is 0.800.